The Morgan fingerprint density at radius 3 is 2.12 bits per heavy atom. The molecule has 1 aliphatic carbocycles. The van der Waals surface area contributed by atoms with Crippen molar-refractivity contribution in [2.75, 3.05) is 13.1 Å². The number of nitrogens with one attached hydrogen (secondary N) is 4. The van der Waals surface area contributed by atoms with Crippen molar-refractivity contribution in [1.29, 1.82) is 0 Å². The van der Waals surface area contributed by atoms with Gasteiger partial charge >= 0.3 is 12.0 Å². The lowest BCUT2D eigenvalue weighted by Crippen LogP contribution is -2.63. The summed E-state index contributed by atoms with van der Waals surface area (Å²) in [6.45, 7) is 22.8. The zero-order valence-corrected chi connectivity index (χ0v) is 32.3. The van der Waals surface area contributed by atoms with Crippen LogP contribution in [0.1, 0.15) is 121 Å². The van der Waals surface area contributed by atoms with Crippen LogP contribution < -0.4 is 21.3 Å². The lowest BCUT2D eigenvalue weighted by atomic mass is 9.70. The summed E-state index contributed by atoms with van der Waals surface area (Å²) in [5.74, 6) is -3.53. The number of hydrogen-bond donors (Lipinski definition) is 4. The van der Waals surface area contributed by atoms with Crippen LogP contribution in [0.4, 0.5) is 4.79 Å². The van der Waals surface area contributed by atoms with E-state index in [0.717, 1.165) is 25.7 Å². The number of Topliss-reactive ketones (excluding diaryl/α,β-unsaturated/α-hetero) is 1. The Kier molecular flexibility index (Phi) is 16.0. The molecule has 2 fully saturated rings. The van der Waals surface area contributed by atoms with E-state index in [0.29, 0.717) is 19.3 Å². The van der Waals surface area contributed by atoms with E-state index < -0.39 is 64.8 Å². The maximum atomic E-state index is 14.8. The van der Waals surface area contributed by atoms with Crippen LogP contribution in [-0.4, -0.2) is 83.3 Å². The second kappa shape index (κ2) is 18.7. The zero-order chi connectivity index (χ0) is 38.0. The number of amides is 5. The average Bonchev–Trinajstić information content (AvgIpc) is 3.39. The van der Waals surface area contributed by atoms with Gasteiger partial charge in [0.2, 0.25) is 17.6 Å². The van der Waals surface area contributed by atoms with E-state index >= 15 is 0 Å². The monoisotopic (exact) mass is 703 g/mol. The molecule has 1 heterocycles. The smallest absolute Gasteiger partial charge is 0.329 e. The molecule has 2 rings (SSSR count). The number of esters is 1. The third-order valence-electron chi connectivity index (χ3n) is 10.1. The number of rotatable bonds is 16. The number of urea groups is 1. The van der Waals surface area contributed by atoms with Gasteiger partial charge in [-0.2, -0.15) is 0 Å². The summed E-state index contributed by atoms with van der Waals surface area (Å²) in [6.07, 6.45) is 7.32. The third kappa shape index (κ3) is 11.5. The molecule has 0 aromatic carbocycles. The van der Waals surface area contributed by atoms with Crippen molar-refractivity contribution in [1.82, 2.24) is 26.2 Å². The van der Waals surface area contributed by atoms with E-state index in [1.807, 2.05) is 48.5 Å². The molecule has 6 atom stereocenters. The van der Waals surface area contributed by atoms with E-state index in [1.54, 1.807) is 25.7 Å². The van der Waals surface area contributed by atoms with Crippen LogP contribution in [0.2, 0.25) is 0 Å². The summed E-state index contributed by atoms with van der Waals surface area (Å²) in [5.41, 5.74) is -1.35. The van der Waals surface area contributed by atoms with Crippen molar-refractivity contribution in [3.8, 4) is 0 Å². The Balaban J connectivity index is 2.49. The van der Waals surface area contributed by atoms with Gasteiger partial charge in [0.15, 0.2) is 0 Å². The Morgan fingerprint density at radius 1 is 0.980 bits per heavy atom. The first kappa shape index (κ1) is 42.7. The van der Waals surface area contributed by atoms with Gasteiger partial charge in [0.25, 0.3) is 5.91 Å². The van der Waals surface area contributed by atoms with Crippen LogP contribution in [-0.2, 0) is 28.7 Å². The molecule has 5 amide bonds. The number of likely N-dealkylation sites (tertiary alicyclic amines) is 1. The predicted molar refractivity (Wildman–Crippen MR) is 194 cm³/mol. The van der Waals surface area contributed by atoms with Gasteiger partial charge in [-0.05, 0) is 69.1 Å². The van der Waals surface area contributed by atoms with Crippen molar-refractivity contribution in [2.24, 2.45) is 29.1 Å². The zero-order valence-electron chi connectivity index (χ0n) is 32.3. The Labute approximate surface area is 300 Å². The average molecular weight is 704 g/mol. The number of carbonyl (C=O) groups excluding carboxylic acids is 6. The Hall–Kier alpha value is -3.44. The molecule has 1 saturated carbocycles. The molecule has 1 aliphatic heterocycles. The second-order valence-corrected chi connectivity index (χ2v) is 16.3. The van der Waals surface area contributed by atoms with E-state index in [4.69, 9.17) is 4.74 Å². The highest BCUT2D eigenvalue weighted by Gasteiger charge is 2.52. The molecular formula is C38H65N5O7. The van der Waals surface area contributed by atoms with Crippen LogP contribution >= 0.6 is 0 Å². The standard InChI is InChI=1S/C38H65N5O7/c1-12-14-18-26(30(44)33(46)39-21-13-2)40-32(45)29-27(23(3)4)25(7)22-43(29)34(47)31(38(11)19-16-15-17-20-38)42-36(49)41-28(24(5)6)35(48)50-37(8,9)10/h13,23-29,31H,2,12,14-22H2,1,3-11H3,(H,39,46)(H,40,45)(H2,41,42,49)/t25-,26?,27-,28-,29-,31+/m0/s1. The van der Waals surface area contributed by atoms with E-state index in [9.17, 15) is 28.8 Å². The highest BCUT2D eigenvalue weighted by Crippen LogP contribution is 2.42. The minimum atomic E-state index is -1.05. The molecule has 12 nitrogen and oxygen atoms in total. The van der Waals surface area contributed by atoms with Gasteiger partial charge in [0, 0.05) is 13.1 Å². The Bertz CT molecular complexity index is 1220. The maximum absolute atomic E-state index is 14.8. The van der Waals surface area contributed by atoms with Gasteiger partial charge in [-0.15, -0.1) is 6.58 Å². The molecule has 4 N–H and O–H groups in total. The molecule has 1 unspecified atom stereocenters. The van der Waals surface area contributed by atoms with Gasteiger partial charge in [-0.25, -0.2) is 9.59 Å². The Morgan fingerprint density at radius 2 is 1.60 bits per heavy atom. The van der Waals surface area contributed by atoms with Gasteiger partial charge in [0.1, 0.15) is 23.7 Å². The fraction of sp³-hybridized carbons (Fsp3) is 0.789. The molecule has 1 saturated heterocycles. The molecule has 284 valence electrons. The highest BCUT2D eigenvalue weighted by molar-refractivity contribution is 6.38. The van der Waals surface area contributed by atoms with E-state index in [2.05, 4.69) is 27.8 Å². The molecule has 0 spiro atoms. The minimum Gasteiger partial charge on any atom is -0.458 e. The number of carbonyl (C=O) groups is 6. The van der Waals surface area contributed by atoms with Crippen LogP contribution in [0.5, 0.6) is 0 Å². The van der Waals surface area contributed by atoms with Gasteiger partial charge < -0.3 is 30.9 Å². The third-order valence-corrected chi connectivity index (χ3v) is 10.1. The van der Waals surface area contributed by atoms with Crippen LogP contribution in [0.15, 0.2) is 12.7 Å². The van der Waals surface area contributed by atoms with Gasteiger partial charge in [0.05, 0.1) is 6.04 Å². The first-order valence-corrected chi connectivity index (χ1v) is 18.6. The molecule has 0 aromatic heterocycles. The predicted octanol–water partition coefficient (Wildman–Crippen LogP) is 4.66. The normalized spacial score (nSPS) is 22.2. The molecule has 0 aromatic rings. The van der Waals surface area contributed by atoms with E-state index in [1.165, 1.54) is 6.08 Å². The van der Waals surface area contributed by atoms with Crippen LogP contribution in [0.25, 0.3) is 0 Å². The number of hydrogen-bond acceptors (Lipinski definition) is 7. The molecule has 0 bridgehead atoms. The summed E-state index contributed by atoms with van der Waals surface area (Å²) in [7, 11) is 0. The lowest BCUT2D eigenvalue weighted by Gasteiger charge is -2.43. The number of ketones is 1. The number of unbranched alkanes of at least 4 members (excludes halogenated alkanes) is 1. The molecular weight excluding hydrogens is 638 g/mol. The highest BCUT2D eigenvalue weighted by atomic mass is 16.6. The number of nitrogens with zero attached hydrogens (tertiary/aromatic N) is 1. The summed E-state index contributed by atoms with van der Waals surface area (Å²) in [6, 6.07) is -4.56. The van der Waals surface area contributed by atoms with Gasteiger partial charge in [-0.3, -0.25) is 19.2 Å². The quantitative estimate of drug-likeness (QED) is 0.103. The summed E-state index contributed by atoms with van der Waals surface area (Å²) in [5, 5.41) is 11.1. The lowest BCUT2D eigenvalue weighted by molar-refractivity contribution is -0.158. The molecule has 12 heteroatoms. The largest absolute Gasteiger partial charge is 0.458 e. The first-order valence-electron chi connectivity index (χ1n) is 18.6. The van der Waals surface area contributed by atoms with E-state index in [-0.39, 0.29) is 49.1 Å². The van der Waals surface area contributed by atoms with Crippen molar-refractivity contribution in [3.05, 3.63) is 12.7 Å². The molecule has 0 radical (unpaired) electrons. The van der Waals surface area contributed by atoms with Crippen molar-refractivity contribution >= 4 is 35.5 Å². The minimum absolute atomic E-state index is 0.0137. The topological polar surface area (TPSA) is 163 Å². The maximum Gasteiger partial charge on any atom is 0.329 e. The first-order chi connectivity index (χ1) is 23.3. The summed E-state index contributed by atoms with van der Waals surface area (Å²) >= 11 is 0. The van der Waals surface area contributed by atoms with Crippen molar-refractivity contribution in [3.63, 3.8) is 0 Å². The fourth-order valence-electron chi connectivity index (χ4n) is 7.50. The molecule has 2 aliphatic rings. The second-order valence-electron chi connectivity index (χ2n) is 16.3. The van der Waals surface area contributed by atoms with Crippen LogP contribution in [0.3, 0.4) is 0 Å². The summed E-state index contributed by atoms with van der Waals surface area (Å²) in [4.78, 5) is 83.3. The summed E-state index contributed by atoms with van der Waals surface area (Å²) < 4.78 is 5.57. The fourth-order valence-corrected chi connectivity index (χ4v) is 7.50. The van der Waals surface area contributed by atoms with Crippen molar-refractivity contribution in [2.45, 2.75) is 150 Å². The van der Waals surface area contributed by atoms with Gasteiger partial charge in [-0.1, -0.05) is 86.6 Å². The number of ether oxygens (including phenoxy) is 1. The molecule has 50 heavy (non-hydrogen) atoms. The van der Waals surface area contributed by atoms with Crippen molar-refractivity contribution < 1.29 is 33.5 Å². The SMILES string of the molecule is C=CCNC(=O)C(=O)C(CCCC)NC(=O)[C@@H]1[C@@H](C(C)C)[C@@H](C)CN1C(=O)[C@@H](NC(=O)N[C@H](C(=O)OC(C)(C)C)C(C)C)C1(C)CCCCC1. The van der Waals surface area contributed by atoms with Crippen LogP contribution in [0, 0.1) is 29.1 Å².